The number of ether oxygens (including phenoxy) is 2. The summed E-state index contributed by atoms with van der Waals surface area (Å²) in [5.74, 6) is -1.20. The van der Waals surface area contributed by atoms with Gasteiger partial charge in [0, 0.05) is 31.5 Å². The van der Waals surface area contributed by atoms with Crippen molar-refractivity contribution in [2.75, 3.05) is 20.3 Å². The van der Waals surface area contributed by atoms with Crippen LogP contribution in [-0.2, 0) is 19.1 Å². The number of amides is 2. The standard InChI is InChI=1S/C27H32N2O6/c1-34-19(14-25(30)31)15-28-26(32)17-10-12-18(13-11-17)29-27(33)35-16-24-22-8-4-2-6-20(22)21-7-3-5-9-23(21)24/h2-9,17-19,24H,10-16H2,1H3,(H,28,32)(H,29,33)(H,30,31). The van der Waals surface area contributed by atoms with E-state index < -0.39 is 18.2 Å². The second-order valence-corrected chi connectivity index (χ2v) is 9.22. The molecule has 35 heavy (non-hydrogen) atoms. The predicted octanol–water partition coefficient (Wildman–Crippen LogP) is 3.69. The number of nitrogens with one attached hydrogen (secondary N) is 2. The highest BCUT2D eigenvalue weighted by molar-refractivity contribution is 5.80. The molecule has 2 aromatic rings. The van der Waals surface area contributed by atoms with Gasteiger partial charge < -0.3 is 25.2 Å². The third-order valence-electron chi connectivity index (χ3n) is 7.00. The molecule has 2 aliphatic carbocycles. The van der Waals surface area contributed by atoms with Gasteiger partial charge in [0.25, 0.3) is 0 Å². The Labute approximate surface area is 205 Å². The molecule has 0 aromatic heterocycles. The van der Waals surface area contributed by atoms with Crippen LogP contribution in [0.5, 0.6) is 0 Å². The molecule has 0 spiro atoms. The van der Waals surface area contributed by atoms with Crippen LogP contribution in [0, 0.1) is 5.92 Å². The maximum Gasteiger partial charge on any atom is 0.407 e. The Kier molecular flexibility index (Phi) is 8.02. The maximum absolute atomic E-state index is 12.5. The maximum atomic E-state index is 12.5. The Bertz CT molecular complexity index is 1020. The Hall–Kier alpha value is -3.39. The van der Waals surface area contributed by atoms with E-state index in [4.69, 9.17) is 14.6 Å². The number of benzene rings is 2. The molecule has 0 aliphatic heterocycles. The van der Waals surface area contributed by atoms with Crippen LogP contribution >= 0.6 is 0 Å². The van der Waals surface area contributed by atoms with Gasteiger partial charge in [-0.15, -0.1) is 0 Å². The largest absolute Gasteiger partial charge is 0.481 e. The second-order valence-electron chi connectivity index (χ2n) is 9.22. The summed E-state index contributed by atoms with van der Waals surface area (Å²) < 4.78 is 10.7. The number of fused-ring (bicyclic) bond motifs is 3. The smallest absolute Gasteiger partial charge is 0.407 e. The zero-order valence-electron chi connectivity index (χ0n) is 19.9. The van der Waals surface area contributed by atoms with Crippen LogP contribution in [0.3, 0.4) is 0 Å². The molecule has 0 bridgehead atoms. The molecule has 0 saturated heterocycles. The molecular weight excluding hydrogens is 448 g/mol. The van der Waals surface area contributed by atoms with Gasteiger partial charge in [0.1, 0.15) is 6.61 Å². The molecule has 4 rings (SSSR count). The van der Waals surface area contributed by atoms with Crippen molar-refractivity contribution in [1.29, 1.82) is 0 Å². The normalized spacial score (nSPS) is 19.8. The summed E-state index contributed by atoms with van der Waals surface area (Å²) >= 11 is 0. The number of hydrogen-bond donors (Lipinski definition) is 3. The molecule has 186 valence electrons. The van der Waals surface area contributed by atoms with Gasteiger partial charge in [0.05, 0.1) is 12.5 Å². The molecule has 2 amide bonds. The second kappa shape index (κ2) is 11.4. The number of carbonyl (C=O) groups excluding carboxylic acids is 2. The van der Waals surface area contributed by atoms with Crippen molar-refractivity contribution in [1.82, 2.24) is 10.6 Å². The van der Waals surface area contributed by atoms with Crippen molar-refractivity contribution in [2.24, 2.45) is 5.92 Å². The van der Waals surface area contributed by atoms with Crippen molar-refractivity contribution in [2.45, 2.75) is 50.2 Å². The van der Waals surface area contributed by atoms with Crippen molar-refractivity contribution >= 4 is 18.0 Å². The summed E-state index contributed by atoms with van der Waals surface area (Å²) in [5.41, 5.74) is 4.72. The first-order valence-electron chi connectivity index (χ1n) is 12.1. The van der Waals surface area contributed by atoms with E-state index in [-0.39, 0.29) is 43.4 Å². The van der Waals surface area contributed by atoms with Gasteiger partial charge in [-0.05, 0) is 47.9 Å². The number of carboxylic acids is 1. The number of alkyl carbamates (subject to hydrolysis) is 1. The molecule has 1 saturated carbocycles. The minimum absolute atomic E-state index is 0.0182. The van der Waals surface area contributed by atoms with Crippen molar-refractivity contribution in [3.05, 3.63) is 59.7 Å². The van der Waals surface area contributed by atoms with Gasteiger partial charge in [-0.25, -0.2) is 4.79 Å². The first-order valence-corrected chi connectivity index (χ1v) is 12.1. The number of rotatable bonds is 9. The van der Waals surface area contributed by atoms with E-state index in [1.54, 1.807) is 0 Å². The molecule has 1 atom stereocenters. The van der Waals surface area contributed by atoms with E-state index in [9.17, 15) is 14.4 Å². The SMILES string of the molecule is COC(CNC(=O)C1CCC(NC(=O)OCC2c3ccccc3-c3ccccc32)CC1)CC(=O)O. The lowest BCUT2D eigenvalue weighted by molar-refractivity contribution is -0.140. The van der Waals surface area contributed by atoms with E-state index in [1.807, 2.05) is 24.3 Å². The highest BCUT2D eigenvalue weighted by atomic mass is 16.5. The van der Waals surface area contributed by atoms with Gasteiger partial charge in [-0.2, -0.15) is 0 Å². The zero-order valence-corrected chi connectivity index (χ0v) is 19.9. The third-order valence-corrected chi connectivity index (χ3v) is 7.00. The highest BCUT2D eigenvalue weighted by Crippen LogP contribution is 2.44. The number of aliphatic carboxylic acids is 1. The molecule has 2 aliphatic rings. The molecular formula is C27H32N2O6. The highest BCUT2D eigenvalue weighted by Gasteiger charge is 2.30. The van der Waals surface area contributed by atoms with Crippen molar-refractivity contribution in [3.63, 3.8) is 0 Å². The summed E-state index contributed by atoms with van der Waals surface area (Å²) in [4.78, 5) is 35.8. The quantitative estimate of drug-likeness (QED) is 0.504. The molecule has 0 radical (unpaired) electrons. The molecule has 1 unspecified atom stereocenters. The molecule has 3 N–H and O–H groups in total. The summed E-state index contributed by atoms with van der Waals surface area (Å²) in [6.07, 6.45) is 1.52. The van der Waals surface area contributed by atoms with E-state index >= 15 is 0 Å². The van der Waals surface area contributed by atoms with Crippen LogP contribution in [0.15, 0.2) is 48.5 Å². The number of carbonyl (C=O) groups is 3. The van der Waals surface area contributed by atoms with E-state index in [1.165, 1.54) is 29.4 Å². The topological polar surface area (TPSA) is 114 Å². The molecule has 8 nitrogen and oxygen atoms in total. The predicted molar refractivity (Wildman–Crippen MR) is 130 cm³/mol. The number of methoxy groups -OCH3 is 1. The van der Waals surface area contributed by atoms with Crippen LogP contribution < -0.4 is 10.6 Å². The zero-order chi connectivity index (χ0) is 24.8. The fraction of sp³-hybridized carbons (Fsp3) is 0.444. The fourth-order valence-corrected chi connectivity index (χ4v) is 5.10. The average Bonchev–Trinajstić information content (AvgIpc) is 3.19. The minimum atomic E-state index is -0.967. The minimum Gasteiger partial charge on any atom is -0.481 e. The van der Waals surface area contributed by atoms with Gasteiger partial charge >= 0.3 is 12.1 Å². The van der Waals surface area contributed by atoms with Gasteiger partial charge in [0.2, 0.25) is 5.91 Å². The first kappa shape index (κ1) is 24.7. The van der Waals surface area contributed by atoms with Gasteiger partial charge in [0.15, 0.2) is 0 Å². The number of hydrogen-bond acceptors (Lipinski definition) is 5. The summed E-state index contributed by atoms with van der Waals surface area (Å²) in [6, 6.07) is 16.4. The van der Waals surface area contributed by atoms with E-state index in [2.05, 4.69) is 34.9 Å². The Morgan fingerprint density at radius 2 is 1.57 bits per heavy atom. The first-order chi connectivity index (χ1) is 17.0. The number of carboxylic acid groups (broad SMARTS) is 1. The van der Waals surface area contributed by atoms with Crippen LogP contribution in [-0.4, -0.2) is 55.5 Å². The molecule has 0 heterocycles. The lowest BCUT2D eigenvalue weighted by Gasteiger charge is -2.28. The molecule has 2 aromatic carbocycles. The van der Waals surface area contributed by atoms with E-state index in [0.29, 0.717) is 25.7 Å². The average molecular weight is 481 g/mol. The fourth-order valence-electron chi connectivity index (χ4n) is 5.10. The monoisotopic (exact) mass is 480 g/mol. The molecule has 8 heteroatoms. The van der Waals surface area contributed by atoms with Crippen LogP contribution in [0.4, 0.5) is 4.79 Å². The summed E-state index contributed by atoms with van der Waals surface area (Å²) in [6.45, 7) is 0.439. The van der Waals surface area contributed by atoms with Crippen LogP contribution in [0.25, 0.3) is 11.1 Å². The molecule has 1 fully saturated rings. The van der Waals surface area contributed by atoms with Crippen LogP contribution in [0.1, 0.15) is 49.1 Å². The van der Waals surface area contributed by atoms with Gasteiger partial charge in [-0.1, -0.05) is 48.5 Å². The lowest BCUT2D eigenvalue weighted by Crippen LogP contribution is -2.43. The summed E-state index contributed by atoms with van der Waals surface area (Å²) in [7, 11) is 1.43. The Morgan fingerprint density at radius 1 is 0.971 bits per heavy atom. The van der Waals surface area contributed by atoms with E-state index in [0.717, 1.165) is 0 Å². The third kappa shape index (κ3) is 6.00. The Morgan fingerprint density at radius 3 is 2.14 bits per heavy atom. The summed E-state index contributed by atoms with van der Waals surface area (Å²) in [5, 5.41) is 14.6. The van der Waals surface area contributed by atoms with Crippen molar-refractivity contribution in [3.8, 4) is 11.1 Å². The Balaban J connectivity index is 1.22. The van der Waals surface area contributed by atoms with Crippen molar-refractivity contribution < 1.29 is 29.0 Å². The van der Waals surface area contributed by atoms with Gasteiger partial charge in [-0.3, -0.25) is 9.59 Å². The van der Waals surface area contributed by atoms with Crippen LogP contribution in [0.2, 0.25) is 0 Å². The lowest BCUT2D eigenvalue weighted by atomic mass is 9.85.